The number of benzene rings is 1. The van der Waals surface area contributed by atoms with E-state index in [0.29, 0.717) is 4.88 Å². The Balaban J connectivity index is 1.65. The van der Waals surface area contributed by atoms with Gasteiger partial charge in [-0.2, -0.15) is 0 Å². The van der Waals surface area contributed by atoms with Gasteiger partial charge in [-0.1, -0.05) is 0 Å². The van der Waals surface area contributed by atoms with Crippen LogP contribution >= 0.6 is 11.3 Å². The van der Waals surface area contributed by atoms with E-state index in [1.807, 2.05) is 0 Å². The van der Waals surface area contributed by atoms with E-state index in [2.05, 4.69) is 10.9 Å². The third-order valence-corrected chi connectivity index (χ3v) is 4.67. The smallest absolute Gasteiger partial charge is 0.267 e. The van der Waals surface area contributed by atoms with Crippen molar-refractivity contribution in [3.8, 4) is 0 Å². The molecule has 0 spiro atoms. The van der Waals surface area contributed by atoms with Crippen LogP contribution in [0.5, 0.6) is 0 Å². The van der Waals surface area contributed by atoms with Crippen LogP contribution in [0.1, 0.15) is 36.9 Å². The Kier molecular flexibility index (Phi) is 3.89. The summed E-state index contributed by atoms with van der Waals surface area (Å²) in [7, 11) is 0. The van der Waals surface area contributed by atoms with Gasteiger partial charge in [-0.05, 0) is 49.1 Å². The number of carbonyl (C=O) groups excluding carboxylic acids is 2. The summed E-state index contributed by atoms with van der Waals surface area (Å²) in [6, 6.07) is 4.35. The number of hydrogen-bond acceptors (Lipinski definition) is 3. The van der Waals surface area contributed by atoms with Gasteiger partial charge in [0.2, 0.25) is 0 Å². The van der Waals surface area contributed by atoms with Gasteiger partial charge in [0, 0.05) is 4.88 Å². The van der Waals surface area contributed by atoms with E-state index in [1.54, 1.807) is 6.07 Å². The first-order valence-electron chi connectivity index (χ1n) is 6.72. The zero-order valence-electron chi connectivity index (χ0n) is 11.4. The molecule has 1 aliphatic carbocycles. The molecule has 4 nitrogen and oxygen atoms in total. The number of carbonyl (C=O) groups is 2. The van der Waals surface area contributed by atoms with Gasteiger partial charge in [-0.3, -0.25) is 20.4 Å². The van der Waals surface area contributed by atoms with E-state index < -0.39 is 29.0 Å². The quantitative estimate of drug-likeness (QED) is 0.835. The minimum absolute atomic E-state index is 0.464. The molecule has 114 valence electrons. The van der Waals surface area contributed by atoms with Gasteiger partial charge in [0.05, 0.1) is 10.4 Å². The van der Waals surface area contributed by atoms with E-state index in [1.165, 1.54) is 16.2 Å². The lowest BCUT2D eigenvalue weighted by Gasteiger charge is -2.07. The highest BCUT2D eigenvalue weighted by molar-refractivity contribution is 7.14. The SMILES string of the molecule is O=C(NNC(=O)c1cc(F)ccc1F)c1cc2c(s1)CCC2. The Morgan fingerprint density at radius 3 is 2.59 bits per heavy atom. The monoisotopic (exact) mass is 322 g/mol. The molecule has 3 rings (SSSR count). The number of fused-ring (bicyclic) bond motifs is 1. The second-order valence-electron chi connectivity index (χ2n) is 4.95. The number of thiophene rings is 1. The molecular weight excluding hydrogens is 310 g/mol. The molecule has 0 atom stereocenters. The first kappa shape index (κ1) is 14.6. The number of aryl methyl sites for hydroxylation is 2. The lowest BCUT2D eigenvalue weighted by Crippen LogP contribution is -2.41. The minimum atomic E-state index is -0.908. The molecule has 0 bridgehead atoms. The van der Waals surface area contributed by atoms with Crippen LogP contribution in [-0.2, 0) is 12.8 Å². The van der Waals surface area contributed by atoms with Gasteiger partial charge in [-0.15, -0.1) is 11.3 Å². The topological polar surface area (TPSA) is 58.2 Å². The van der Waals surface area contributed by atoms with Gasteiger partial charge in [0.15, 0.2) is 0 Å². The maximum Gasteiger partial charge on any atom is 0.279 e. The van der Waals surface area contributed by atoms with Crippen molar-refractivity contribution in [1.82, 2.24) is 10.9 Å². The summed E-state index contributed by atoms with van der Waals surface area (Å²) >= 11 is 1.39. The molecule has 0 fully saturated rings. The zero-order chi connectivity index (χ0) is 15.7. The largest absolute Gasteiger partial charge is 0.279 e. The highest BCUT2D eigenvalue weighted by Gasteiger charge is 2.19. The van der Waals surface area contributed by atoms with Gasteiger partial charge in [0.1, 0.15) is 11.6 Å². The second kappa shape index (κ2) is 5.84. The van der Waals surface area contributed by atoms with Crippen molar-refractivity contribution in [2.75, 3.05) is 0 Å². The van der Waals surface area contributed by atoms with Gasteiger partial charge < -0.3 is 0 Å². The average molecular weight is 322 g/mol. The predicted octanol–water partition coefficient (Wildman–Crippen LogP) is 2.59. The summed E-state index contributed by atoms with van der Waals surface area (Å²) in [6.07, 6.45) is 3.02. The van der Waals surface area contributed by atoms with Crippen LogP contribution < -0.4 is 10.9 Å². The second-order valence-corrected chi connectivity index (χ2v) is 6.08. The number of amides is 2. The van der Waals surface area contributed by atoms with Crippen molar-refractivity contribution < 1.29 is 18.4 Å². The Morgan fingerprint density at radius 2 is 1.82 bits per heavy atom. The van der Waals surface area contributed by atoms with Gasteiger partial charge in [-0.25, -0.2) is 8.78 Å². The van der Waals surface area contributed by atoms with Crippen LogP contribution in [0.25, 0.3) is 0 Å². The molecule has 0 radical (unpaired) electrons. The predicted molar refractivity (Wildman–Crippen MR) is 77.6 cm³/mol. The third-order valence-electron chi connectivity index (χ3n) is 3.43. The number of hydrogen-bond donors (Lipinski definition) is 2. The van der Waals surface area contributed by atoms with E-state index in [4.69, 9.17) is 0 Å². The summed E-state index contributed by atoms with van der Waals surface area (Å²) in [5, 5.41) is 0. The van der Waals surface area contributed by atoms with Crippen molar-refractivity contribution in [2.24, 2.45) is 0 Å². The number of halogens is 2. The summed E-state index contributed by atoms with van der Waals surface area (Å²) < 4.78 is 26.5. The van der Waals surface area contributed by atoms with Crippen LogP contribution in [0.3, 0.4) is 0 Å². The standard InChI is InChI=1S/C15H12F2N2O2S/c16-9-4-5-11(17)10(7-9)14(20)18-19-15(21)13-6-8-2-1-3-12(8)22-13/h4-7H,1-3H2,(H,18,20)(H,19,21). The summed E-state index contributed by atoms with van der Waals surface area (Å²) in [5.41, 5.74) is 5.01. The van der Waals surface area contributed by atoms with Gasteiger partial charge >= 0.3 is 0 Å². The molecule has 0 unspecified atom stereocenters. The molecule has 22 heavy (non-hydrogen) atoms. The van der Waals surface area contributed by atoms with Crippen LogP contribution in [0.4, 0.5) is 8.78 Å². The maximum atomic E-state index is 13.4. The molecule has 2 aromatic rings. The Morgan fingerprint density at radius 1 is 1.05 bits per heavy atom. The third kappa shape index (κ3) is 2.85. The van der Waals surface area contributed by atoms with Crippen LogP contribution in [0.2, 0.25) is 0 Å². The zero-order valence-corrected chi connectivity index (χ0v) is 12.2. The summed E-state index contributed by atoms with van der Waals surface area (Å²) in [5.74, 6) is -2.96. The first-order valence-corrected chi connectivity index (χ1v) is 7.53. The number of hydrazine groups is 1. The lowest BCUT2D eigenvalue weighted by atomic mass is 10.2. The molecule has 7 heteroatoms. The lowest BCUT2D eigenvalue weighted by molar-refractivity contribution is 0.0846. The molecule has 2 N–H and O–H groups in total. The van der Waals surface area contributed by atoms with Crippen molar-refractivity contribution in [3.05, 3.63) is 56.8 Å². The number of rotatable bonds is 2. The Labute approximate surface area is 129 Å². The first-order chi connectivity index (χ1) is 10.5. The normalized spacial score (nSPS) is 12.8. The molecular formula is C15H12F2N2O2S. The molecule has 0 saturated heterocycles. The molecule has 2 amide bonds. The Bertz CT molecular complexity index is 736. The van der Waals surface area contributed by atoms with E-state index in [9.17, 15) is 18.4 Å². The highest BCUT2D eigenvalue weighted by Crippen LogP contribution is 2.30. The van der Waals surface area contributed by atoms with E-state index in [-0.39, 0.29) is 0 Å². The van der Waals surface area contributed by atoms with Crippen LogP contribution in [0.15, 0.2) is 24.3 Å². The highest BCUT2D eigenvalue weighted by atomic mass is 32.1. The van der Waals surface area contributed by atoms with Crippen molar-refractivity contribution in [1.29, 1.82) is 0 Å². The molecule has 0 saturated carbocycles. The summed E-state index contributed by atoms with van der Waals surface area (Å²) in [4.78, 5) is 25.4. The van der Waals surface area contributed by atoms with E-state index >= 15 is 0 Å². The molecule has 1 aliphatic rings. The minimum Gasteiger partial charge on any atom is -0.267 e. The molecule has 0 aliphatic heterocycles. The fourth-order valence-electron chi connectivity index (χ4n) is 2.35. The van der Waals surface area contributed by atoms with E-state index in [0.717, 1.165) is 43.0 Å². The van der Waals surface area contributed by atoms with Crippen molar-refractivity contribution in [3.63, 3.8) is 0 Å². The van der Waals surface area contributed by atoms with Crippen LogP contribution in [-0.4, -0.2) is 11.8 Å². The molecule has 1 aromatic carbocycles. The molecule has 1 heterocycles. The van der Waals surface area contributed by atoms with Crippen LogP contribution in [0, 0.1) is 11.6 Å². The summed E-state index contributed by atoms with van der Waals surface area (Å²) in [6.45, 7) is 0. The fraction of sp³-hybridized carbons (Fsp3) is 0.200. The Hall–Kier alpha value is -2.28. The van der Waals surface area contributed by atoms with Crippen molar-refractivity contribution >= 4 is 23.2 Å². The molecule has 1 aromatic heterocycles. The van der Waals surface area contributed by atoms with Gasteiger partial charge in [0.25, 0.3) is 11.8 Å². The average Bonchev–Trinajstić information content (AvgIpc) is 3.08. The number of nitrogens with one attached hydrogen (secondary N) is 2. The van der Waals surface area contributed by atoms with Crippen molar-refractivity contribution in [2.45, 2.75) is 19.3 Å². The fourth-order valence-corrected chi connectivity index (χ4v) is 3.50. The maximum absolute atomic E-state index is 13.4.